The molecule has 0 unspecified atom stereocenters. The summed E-state index contributed by atoms with van der Waals surface area (Å²) in [4.78, 5) is 14.8. The van der Waals surface area contributed by atoms with Crippen LogP contribution in [0.3, 0.4) is 0 Å². The monoisotopic (exact) mass is 691 g/mol. The third-order valence-corrected chi connectivity index (χ3v) is 12.0. The van der Waals surface area contributed by atoms with Crippen molar-refractivity contribution in [2.24, 2.45) is 0 Å². The number of fused-ring (bicyclic) bond motifs is 9. The Labute approximate surface area is 307 Å². The molecule has 0 N–H and O–H groups in total. The molecule has 0 fully saturated rings. The highest BCUT2D eigenvalue weighted by Gasteiger charge is 2.20. The SMILES string of the molecule is [2H]c1c([2H])c([2H])c(-c2nc(-c3ccc4c(c3)sc3ccccc34)nc(-c3cccc4c3sc3c(-n5c6ccccc6c6ccccc65)cccc34)n2)c([2H])c1[2H]. The van der Waals surface area contributed by atoms with Crippen molar-refractivity contribution in [2.75, 3.05) is 0 Å². The van der Waals surface area contributed by atoms with Gasteiger partial charge in [-0.25, -0.2) is 15.0 Å². The highest BCUT2D eigenvalue weighted by atomic mass is 32.1. The van der Waals surface area contributed by atoms with E-state index in [4.69, 9.17) is 21.8 Å². The summed E-state index contributed by atoms with van der Waals surface area (Å²) in [6.45, 7) is 0. The molecule has 0 spiro atoms. The van der Waals surface area contributed by atoms with Gasteiger partial charge in [-0.15, -0.1) is 22.7 Å². The fourth-order valence-corrected chi connectivity index (χ4v) is 9.76. The van der Waals surface area contributed by atoms with Gasteiger partial charge in [-0.1, -0.05) is 121 Å². The second-order valence-corrected chi connectivity index (χ2v) is 14.5. The van der Waals surface area contributed by atoms with E-state index in [0.717, 1.165) is 58.1 Å². The van der Waals surface area contributed by atoms with Crippen LogP contribution < -0.4 is 0 Å². The Kier molecular flexibility index (Phi) is 5.25. The number of rotatable bonds is 4. The van der Waals surface area contributed by atoms with Gasteiger partial charge in [0.15, 0.2) is 17.5 Å². The summed E-state index contributed by atoms with van der Waals surface area (Å²) in [5, 5.41) is 6.82. The van der Waals surface area contributed by atoms with Gasteiger partial charge in [-0.3, -0.25) is 0 Å². The molecule has 238 valence electrons. The van der Waals surface area contributed by atoms with Crippen LogP contribution in [0.25, 0.3) is 102 Å². The lowest BCUT2D eigenvalue weighted by atomic mass is 10.1. The predicted molar refractivity (Wildman–Crippen MR) is 216 cm³/mol. The second kappa shape index (κ2) is 11.2. The van der Waals surface area contributed by atoms with E-state index in [1.54, 1.807) is 22.7 Å². The molecule has 6 heteroatoms. The van der Waals surface area contributed by atoms with E-state index in [9.17, 15) is 0 Å². The van der Waals surface area contributed by atoms with Crippen LogP contribution in [0.2, 0.25) is 0 Å². The van der Waals surface area contributed by atoms with Crippen LogP contribution in [0, 0.1) is 0 Å². The van der Waals surface area contributed by atoms with Crippen molar-refractivity contribution in [2.45, 2.75) is 0 Å². The zero-order chi connectivity index (χ0) is 37.8. The number of aromatic nitrogens is 4. The molecule has 4 aromatic heterocycles. The molecule has 0 radical (unpaired) electrons. The predicted octanol–water partition coefficient (Wildman–Crippen LogP) is 12.7. The van der Waals surface area contributed by atoms with Gasteiger partial charge in [-0.05, 0) is 36.4 Å². The molecule has 0 saturated carbocycles. The molecule has 11 rings (SSSR count). The van der Waals surface area contributed by atoms with Gasteiger partial charge in [0.25, 0.3) is 0 Å². The molecule has 51 heavy (non-hydrogen) atoms. The van der Waals surface area contributed by atoms with Crippen molar-refractivity contribution in [1.82, 2.24) is 19.5 Å². The highest BCUT2D eigenvalue weighted by molar-refractivity contribution is 7.27. The minimum Gasteiger partial charge on any atom is -0.308 e. The Morgan fingerprint density at radius 1 is 0.451 bits per heavy atom. The maximum atomic E-state index is 8.83. The largest absolute Gasteiger partial charge is 0.308 e. The normalized spacial score (nSPS) is 13.3. The van der Waals surface area contributed by atoms with Gasteiger partial charge in [0, 0.05) is 63.1 Å². The molecule has 4 heterocycles. The van der Waals surface area contributed by atoms with Crippen molar-refractivity contribution < 1.29 is 6.85 Å². The van der Waals surface area contributed by atoms with E-state index in [1.165, 1.54) is 20.9 Å². The van der Waals surface area contributed by atoms with Crippen LogP contribution >= 0.6 is 22.7 Å². The molecular weight excluding hydrogens is 661 g/mol. The summed E-state index contributed by atoms with van der Waals surface area (Å²) in [6.07, 6.45) is 0. The Morgan fingerprint density at radius 3 is 1.84 bits per heavy atom. The molecule has 4 nitrogen and oxygen atoms in total. The fourth-order valence-electron chi connectivity index (χ4n) is 7.30. The number of thiophene rings is 2. The molecule has 0 amide bonds. The summed E-state index contributed by atoms with van der Waals surface area (Å²) in [5.41, 5.74) is 4.75. The van der Waals surface area contributed by atoms with Crippen LogP contribution in [0.15, 0.2) is 158 Å². The molecule has 0 aliphatic carbocycles. The summed E-state index contributed by atoms with van der Waals surface area (Å²) in [7, 11) is 0. The first-order chi connectivity index (χ1) is 27.4. The number of hydrogen-bond acceptors (Lipinski definition) is 5. The van der Waals surface area contributed by atoms with Crippen LogP contribution in [-0.2, 0) is 0 Å². The number of para-hydroxylation sites is 2. The topological polar surface area (TPSA) is 43.6 Å². The average molecular weight is 692 g/mol. The second-order valence-electron chi connectivity index (χ2n) is 12.4. The molecule has 0 saturated heterocycles. The number of hydrogen-bond donors (Lipinski definition) is 0. The summed E-state index contributed by atoms with van der Waals surface area (Å²) < 4.78 is 49.4. The standard InChI is InChI=1S/C45H26N4S2/c1-2-12-27(13-3-1)43-46-44(28-24-25-32-31-16-6-9-23-39(31)50-40(32)26-28)48-45(47-43)35-19-10-17-33-34-18-11-22-38(42(34)51-41(33)35)49-36-20-7-4-14-29(36)30-15-5-8-21-37(30)49/h1-26H/i1D,2D,3D,12D,13D. The molecule has 0 bridgehead atoms. The quantitative estimate of drug-likeness (QED) is 0.184. The van der Waals surface area contributed by atoms with Crippen LogP contribution in [0.1, 0.15) is 6.85 Å². The fraction of sp³-hybridized carbons (Fsp3) is 0. The van der Waals surface area contributed by atoms with Crippen LogP contribution in [0.5, 0.6) is 0 Å². The minimum atomic E-state index is -0.470. The van der Waals surface area contributed by atoms with E-state index >= 15 is 0 Å². The smallest absolute Gasteiger partial charge is 0.165 e. The lowest BCUT2D eigenvalue weighted by Crippen LogP contribution is -2.00. The lowest BCUT2D eigenvalue weighted by molar-refractivity contribution is 1.08. The van der Waals surface area contributed by atoms with Gasteiger partial charge in [0.1, 0.15) is 0 Å². The van der Waals surface area contributed by atoms with Gasteiger partial charge in [0.2, 0.25) is 0 Å². The van der Waals surface area contributed by atoms with Gasteiger partial charge >= 0.3 is 0 Å². The summed E-state index contributed by atoms with van der Waals surface area (Å²) >= 11 is 3.35. The first-order valence-electron chi connectivity index (χ1n) is 19.0. The molecule has 0 aliphatic rings. The maximum absolute atomic E-state index is 8.83. The van der Waals surface area contributed by atoms with Crippen molar-refractivity contribution in [3.8, 4) is 39.9 Å². The number of nitrogens with zero attached hydrogens (tertiary/aromatic N) is 4. The van der Waals surface area contributed by atoms with Crippen LogP contribution in [-0.4, -0.2) is 19.5 Å². The lowest BCUT2D eigenvalue weighted by Gasteiger charge is -2.09. The molecule has 0 atom stereocenters. The zero-order valence-corrected chi connectivity index (χ0v) is 28.4. The maximum Gasteiger partial charge on any atom is 0.165 e. The van der Waals surface area contributed by atoms with E-state index in [2.05, 4.69) is 102 Å². The van der Waals surface area contributed by atoms with Crippen molar-refractivity contribution in [3.63, 3.8) is 0 Å². The third kappa shape index (κ3) is 4.40. The van der Waals surface area contributed by atoms with E-state index in [-0.39, 0.29) is 23.5 Å². The molecule has 0 aliphatic heterocycles. The van der Waals surface area contributed by atoms with Crippen molar-refractivity contribution in [1.29, 1.82) is 0 Å². The Bertz CT molecular complexity index is 3380. The Hall–Kier alpha value is -6.21. The van der Waals surface area contributed by atoms with Gasteiger partial charge in [-0.2, -0.15) is 0 Å². The van der Waals surface area contributed by atoms with Gasteiger partial charge in [0.05, 0.1) is 28.3 Å². The van der Waals surface area contributed by atoms with E-state index < -0.39 is 18.1 Å². The Balaban J connectivity index is 1.18. The van der Waals surface area contributed by atoms with E-state index in [1.807, 2.05) is 30.3 Å². The Morgan fingerprint density at radius 2 is 1.06 bits per heavy atom. The first kappa shape index (κ1) is 24.0. The highest BCUT2D eigenvalue weighted by Crippen LogP contribution is 2.44. The zero-order valence-electron chi connectivity index (χ0n) is 31.7. The van der Waals surface area contributed by atoms with Crippen molar-refractivity contribution in [3.05, 3.63) is 158 Å². The average Bonchev–Trinajstić information content (AvgIpc) is 3.91. The minimum absolute atomic E-state index is 0.0162. The molecular formula is C45H26N4S2. The summed E-state index contributed by atoms with van der Waals surface area (Å²) in [6, 6.07) is 41.8. The molecule has 11 aromatic rings. The van der Waals surface area contributed by atoms with Gasteiger partial charge < -0.3 is 4.57 Å². The van der Waals surface area contributed by atoms with E-state index in [0.29, 0.717) is 11.6 Å². The van der Waals surface area contributed by atoms with Crippen molar-refractivity contribution >= 4 is 84.8 Å². The summed E-state index contributed by atoms with van der Waals surface area (Å²) in [5.74, 6) is 0.714. The third-order valence-electron chi connectivity index (χ3n) is 9.56. The van der Waals surface area contributed by atoms with Crippen LogP contribution in [0.4, 0.5) is 0 Å². The number of benzene rings is 7. The first-order valence-corrected chi connectivity index (χ1v) is 18.2. The molecule has 7 aromatic carbocycles.